The van der Waals surface area contributed by atoms with Crippen molar-refractivity contribution in [2.24, 2.45) is 5.92 Å². The van der Waals surface area contributed by atoms with Crippen LogP contribution >= 0.6 is 0 Å². The van der Waals surface area contributed by atoms with E-state index in [2.05, 4.69) is 29.4 Å². The van der Waals surface area contributed by atoms with Crippen molar-refractivity contribution in [3.05, 3.63) is 35.9 Å². The summed E-state index contributed by atoms with van der Waals surface area (Å²) in [6.45, 7) is 5.29. The zero-order valence-electron chi connectivity index (χ0n) is 15.7. The third kappa shape index (κ3) is 4.23. The maximum absolute atomic E-state index is 12.6. The van der Waals surface area contributed by atoms with Crippen LogP contribution in [-0.4, -0.2) is 20.7 Å². The number of amides is 1. The second-order valence-electron chi connectivity index (χ2n) is 6.91. The molecular weight excluding hydrogens is 328 g/mol. The standard InChI is InChI=1S/C20H28N4O2/c1-3-5-6-8-16(7-4-2)20(25)21-12-15-9-10-18-17(11-15)24-14-22-23-19(24)13-26-18/h9-11,14,16H,3-8,12-13H2,1-2H3,(H,21,25). The van der Waals surface area contributed by atoms with Gasteiger partial charge in [0.15, 0.2) is 5.82 Å². The van der Waals surface area contributed by atoms with Crippen molar-refractivity contribution in [3.63, 3.8) is 0 Å². The average molecular weight is 356 g/mol. The Hall–Kier alpha value is -2.37. The van der Waals surface area contributed by atoms with Crippen LogP contribution in [-0.2, 0) is 17.9 Å². The number of unbranched alkanes of at least 4 members (excludes halogenated alkanes) is 2. The summed E-state index contributed by atoms with van der Waals surface area (Å²) < 4.78 is 7.64. The molecule has 0 spiro atoms. The SMILES string of the molecule is CCCCCC(CCC)C(=O)NCc1ccc2c(c1)-n1cnnc1CO2. The number of aromatic nitrogens is 3. The van der Waals surface area contributed by atoms with Gasteiger partial charge in [-0.25, -0.2) is 0 Å². The Bertz CT molecular complexity index is 741. The largest absolute Gasteiger partial charge is 0.483 e. The molecule has 26 heavy (non-hydrogen) atoms. The summed E-state index contributed by atoms with van der Waals surface area (Å²) in [7, 11) is 0. The normalized spacial score (nSPS) is 13.5. The first kappa shape index (κ1) is 18.4. The Morgan fingerprint density at radius 3 is 2.96 bits per heavy atom. The van der Waals surface area contributed by atoms with Gasteiger partial charge in [-0.2, -0.15) is 0 Å². The molecule has 1 N–H and O–H groups in total. The third-order valence-electron chi connectivity index (χ3n) is 4.89. The molecule has 2 aromatic rings. The predicted molar refractivity (Wildman–Crippen MR) is 100 cm³/mol. The van der Waals surface area contributed by atoms with Gasteiger partial charge in [0, 0.05) is 12.5 Å². The van der Waals surface area contributed by atoms with Crippen LogP contribution in [0, 0.1) is 5.92 Å². The molecule has 2 heterocycles. The number of nitrogens with zero attached hydrogens (tertiary/aromatic N) is 3. The highest BCUT2D eigenvalue weighted by molar-refractivity contribution is 5.78. The van der Waals surface area contributed by atoms with E-state index in [1.807, 2.05) is 22.8 Å². The van der Waals surface area contributed by atoms with Gasteiger partial charge in [0.05, 0.1) is 5.69 Å². The van der Waals surface area contributed by atoms with Crippen LogP contribution in [0.4, 0.5) is 0 Å². The molecule has 1 aliphatic heterocycles. The fourth-order valence-corrected chi connectivity index (χ4v) is 3.41. The molecule has 1 aromatic heterocycles. The molecule has 1 aromatic carbocycles. The van der Waals surface area contributed by atoms with Crippen molar-refractivity contribution in [2.75, 3.05) is 0 Å². The lowest BCUT2D eigenvalue weighted by Crippen LogP contribution is -2.30. The Kier molecular flexibility index (Phi) is 6.26. The van der Waals surface area contributed by atoms with E-state index in [0.717, 1.165) is 48.5 Å². The van der Waals surface area contributed by atoms with Crippen LogP contribution in [0.2, 0.25) is 0 Å². The van der Waals surface area contributed by atoms with Gasteiger partial charge in [-0.15, -0.1) is 10.2 Å². The lowest BCUT2D eigenvalue weighted by molar-refractivity contribution is -0.125. The smallest absolute Gasteiger partial charge is 0.223 e. The van der Waals surface area contributed by atoms with Gasteiger partial charge in [-0.1, -0.05) is 45.6 Å². The van der Waals surface area contributed by atoms with Crippen LogP contribution in [0.5, 0.6) is 5.75 Å². The molecule has 1 unspecified atom stereocenters. The molecule has 0 saturated carbocycles. The molecule has 0 saturated heterocycles. The minimum atomic E-state index is 0.122. The van der Waals surface area contributed by atoms with E-state index in [1.165, 1.54) is 12.8 Å². The monoisotopic (exact) mass is 356 g/mol. The molecule has 1 atom stereocenters. The second-order valence-corrected chi connectivity index (χ2v) is 6.91. The first-order valence-corrected chi connectivity index (χ1v) is 9.65. The Morgan fingerprint density at radius 2 is 2.15 bits per heavy atom. The van der Waals surface area contributed by atoms with Gasteiger partial charge in [0.2, 0.25) is 5.91 Å². The van der Waals surface area contributed by atoms with Crippen molar-refractivity contribution in [1.29, 1.82) is 0 Å². The van der Waals surface area contributed by atoms with Crippen molar-refractivity contribution in [2.45, 2.75) is 65.5 Å². The van der Waals surface area contributed by atoms with E-state index < -0.39 is 0 Å². The molecule has 140 valence electrons. The molecule has 0 aliphatic carbocycles. The van der Waals surface area contributed by atoms with Crippen LogP contribution < -0.4 is 10.1 Å². The van der Waals surface area contributed by atoms with E-state index in [0.29, 0.717) is 13.2 Å². The summed E-state index contributed by atoms with van der Waals surface area (Å²) in [6, 6.07) is 5.98. The zero-order valence-corrected chi connectivity index (χ0v) is 15.7. The fourth-order valence-electron chi connectivity index (χ4n) is 3.41. The fraction of sp³-hybridized carbons (Fsp3) is 0.550. The molecule has 0 radical (unpaired) electrons. The van der Waals surface area contributed by atoms with E-state index in [1.54, 1.807) is 6.33 Å². The molecule has 1 amide bonds. The number of hydrogen-bond acceptors (Lipinski definition) is 4. The van der Waals surface area contributed by atoms with Crippen molar-refractivity contribution in [1.82, 2.24) is 20.1 Å². The Balaban J connectivity index is 1.63. The summed E-state index contributed by atoms with van der Waals surface area (Å²) in [5, 5.41) is 11.1. The van der Waals surface area contributed by atoms with E-state index >= 15 is 0 Å². The molecule has 0 bridgehead atoms. The predicted octanol–water partition coefficient (Wildman–Crippen LogP) is 3.77. The van der Waals surface area contributed by atoms with E-state index in [-0.39, 0.29) is 11.8 Å². The van der Waals surface area contributed by atoms with Crippen LogP contribution in [0.1, 0.15) is 63.8 Å². The molecule has 1 aliphatic rings. The van der Waals surface area contributed by atoms with Crippen LogP contribution in [0.3, 0.4) is 0 Å². The van der Waals surface area contributed by atoms with Crippen LogP contribution in [0.15, 0.2) is 24.5 Å². The molecular formula is C20H28N4O2. The first-order chi connectivity index (χ1) is 12.7. The van der Waals surface area contributed by atoms with Crippen molar-refractivity contribution in [3.8, 4) is 11.4 Å². The summed E-state index contributed by atoms with van der Waals surface area (Å²) in [5.74, 6) is 1.90. The summed E-state index contributed by atoms with van der Waals surface area (Å²) in [6.07, 6.45) is 8.18. The average Bonchev–Trinajstić information content (AvgIpc) is 3.14. The van der Waals surface area contributed by atoms with Crippen LogP contribution in [0.25, 0.3) is 5.69 Å². The molecule has 6 heteroatoms. The van der Waals surface area contributed by atoms with Gasteiger partial charge in [-0.3, -0.25) is 9.36 Å². The second kappa shape index (κ2) is 8.83. The number of rotatable bonds is 9. The minimum Gasteiger partial charge on any atom is -0.483 e. The quantitative estimate of drug-likeness (QED) is 0.694. The lowest BCUT2D eigenvalue weighted by atomic mass is 9.95. The molecule has 0 fully saturated rings. The summed E-state index contributed by atoms with van der Waals surface area (Å²) >= 11 is 0. The van der Waals surface area contributed by atoms with Gasteiger partial charge in [0.25, 0.3) is 0 Å². The number of nitrogens with one attached hydrogen (secondary N) is 1. The Morgan fingerprint density at radius 1 is 1.27 bits per heavy atom. The van der Waals surface area contributed by atoms with E-state index in [9.17, 15) is 4.79 Å². The molecule has 3 rings (SSSR count). The van der Waals surface area contributed by atoms with Gasteiger partial charge in [0.1, 0.15) is 18.7 Å². The van der Waals surface area contributed by atoms with Gasteiger partial charge < -0.3 is 10.1 Å². The highest BCUT2D eigenvalue weighted by atomic mass is 16.5. The Labute approximate surface area is 155 Å². The maximum atomic E-state index is 12.6. The number of ether oxygens (including phenoxy) is 1. The van der Waals surface area contributed by atoms with E-state index in [4.69, 9.17) is 4.74 Å². The lowest BCUT2D eigenvalue weighted by Gasteiger charge is -2.20. The minimum absolute atomic E-state index is 0.122. The molecule has 6 nitrogen and oxygen atoms in total. The highest BCUT2D eigenvalue weighted by Gasteiger charge is 2.20. The summed E-state index contributed by atoms with van der Waals surface area (Å²) in [4.78, 5) is 12.6. The van der Waals surface area contributed by atoms with Gasteiger partial charge in [-0.05, 0) is 30.5 Å². The number of benzene rings is 1. The number of carbonyl (C=O) groups is 1. The number of hydrogen-bond donors (Lipinski definition) is 1. The number of fused-ring (bicyclic) bond motifs is 3. The maximum Gasteiger partial charge on any atom is 0.223 e. The topological polar surface area (TPSA) is 69.0 Å². The first-order valence-electron chi connectivity index (χ1n) is 9.65. The van der Waals surface area contributed by atoms with Gasteiger partial charge >= 0.3 is 0 Å². The van der Waals surface area contributed by atoms with Crippen molar-refractivity contribution < 1.29 is 9.53 Å². The third-order valence-corrected chi connectivity index (χ3v) is 4.89. The zero-order chi connectivity index (χ0) is 18.4. The number of carbonyl (C=O) groups excluding carboxylic acids is 1. The summed E-state index contributed by atoms with van der Waals surface area (Å²) in [5.41, 5.74) is 1.97. The van der Waals surface area contributed by atoms with Crippen molar-refractivity contribution >= 4 is 5.91 Å². The highest BCUT2D eigenvalue weighted by Crippen LogP contribution is 2.29.